The SMILES string of the molecule is COc1cc(C#N)ccc1OCC(=O)N1CCC(C)CC1C(=O)O. The average molecular weight is 332 g/mol. The molecule has 1 aromatic rings. The molecule has 1 N–H and O–H groups in total. The zero-order chi connectivity index (χ0) is 17.7. The maximum absolute atomic E-state index is 12.4. The number of carboxylic acids is 1. The molecule has 0 aromatic heterocycles. The summed E-state index contributed by atoms with van der Waals surface area (Å²) in [5.41, 5.74) is 0.418. The van der Waals surface area contributed by atoms with Crippen molar-refractivity contribution in [2.75, 3.05) is 20.3 Å². The Bertz CT molecular complexity index is 667. The Morgan fingerprint density at radius 1 is 1.42 bits per heavy atom. The fourth-order valence-corrected chi connectivity index (χ4v) is 2.75. The van der Waals surface area contributed by atoms with E-state index in [9.17, 15) is 14.7 Å². The largest absolute Gasteiger partial charge is 0.493 e. The summed E-state index contributed by atoms with van der Waals surface area (Å²) in [5.74, 6) is -0.410. The first-order valence-corrected chi connectivity index (χ1v) is 7.69. The predicted octanol–water partition coefficient (Wildman–Crippen LogP) is 1.66. The number of carbonyl (C=O) groups is 2. The van der Waals surface area contributed by atoms with Gasteiger partial charge in [-0.1, -0.05) is 6.92 Å². The number of piperidine rings is 1. The van der Waals surface area contributed by atoms with E-state index in [-0.39, 0.29) is 18.4 Å². The number of aliphatic carboxylic acids is 1. The minimum absolute atomic E-state index is 0.273. The highest BCUT2D eigenvalue weighted by Crippen LogP contribution is 2.28. The Morgan fingerprint density at radius 3 is 2.79 bits per heavy atom. The molecule has 2 unspecified atom stereocenters. The number of hydrogen-bond donors (Lipinski definition) is 1. The number of nitrogens with zero attached hydrogens (tertiary/aromatic N) is 2. The van der Waals surface area contributed by atoms with Crippen molar-refractivity contribution in [3.8, 4) is 17.6 Å². The third kappa shape index (κ3) is 3.96. The summed E-state index contributed by atoms with van der Waals surface area (Å²) in [5, 5.41) is 18.2. The molecule has 1 heterocycles. The van der Waals surface area contributed by atoms with Crippen molar-refractivity contribution in [3.63, 3.8) is 0 Å². The molecule has 1 aromatic carbocycles. The summed E-state index contributed by atoms with van der Waals surface area (Å²) in [6.07, 6.45) is 1.22. The summed E-state index contributed by atoms with van der Waals surface area (Å²) in [6.45, 7) is 2.11. The van der Waals surface area contributed by atoms with Gasteiger partial charge in [-0.3, -0.25) is 4.79 Å². The third-order valence-corrected chi connectivity index (χ3v) is 4.11. The Morgan fingerprint density at radius 2 is 2.17 bits per heavy atom. The molecule has 128 valence electrons. The number of ether oxygens (including phenoxy) is 2. The second-order valence-corrected chi connectivity index (χ2v) is 5.84. The van der Waals surface area contributed by atoms with E-state index in [0.717, 1.165) is 6.42 Å². The van der Waals surface area contributed by atoms with Crippen LogP contribution in [0.25, 0.3) is 0 Å². The number of methoxy groups -OCH3 is 1. The molecule has 1 fully saturated rings. The standard InChI is InChI=1S/C17H20N2O5/c1-11-5-6-19(13(7-11)17(21)22)16(20)10-24-14-4-3-12(9-18)8-15(14)23-2/h3-4,8,11,13H,5-7,10H2,1-2H3,(H,21,22). The third-order valence-electron chi connectivity index (χ3n) is 4.11. The summed E-state index contributed by atoms with van der Waals surface area (Å²) in [7, 11) is 1.44. The van der Waals surface area contributed by atoms with Gasteiger partial charge in [-0.05, 0) is 30.9 Å². The van der Waals surface area contributed by atoms with Crippen LogP contribution in [0.2, 0.25) is 0 Å². The number of benzene rings is 1. The van der Waals surface area contributed by atoms with Crippen molar-refractivity contribution >= 4 is 11.9 Å². The maximum atomic E-state index is 12.4. The van der Waals surface area contributed by atoms with Crippen LogP contribution in [0.15, 0.2) is 18.2 Å². The van der Waals surface area contributed by atoms with E-state index in [1.807, 2.05) is 13.0 Å². The molecule has 0 bridgehead atoms. The highest BCUT2D eigenvalue weighted by molar-refractivity contribution is 5.84. The summed E-state index contributed by atoms with van der Waals surface area (Å²) in [4.78, 5) is 25.1. The van der Waals surface area contributed by atoms with Crippen LogP contribution in [0.4, 0.5) is 0 Å². The summed E-state index contributed by atoms with van der Waals surface area (Å²) >= 11 is 0. The van der Waals surface area contributed by atoms with Crippen molar-refractivity contribution in [2.45, 2.75) is 25.8 Å². The first kappa shape index (κ1) is 17.6. The van der Waals surface area contributed by atoms with Crippen LogP contribution < -0.4 is 9.47 Å². The molecule has 0 saturated carbocycles. The van der Waals surface area contributed by atoms with Gasteiger partial charge in [-0.15, -0.1) is 0 Å². The topological polar surface area (TPSA) is 99.9 Å². The van der Waals surface area contributed by atoms with Crippen molar-refractivity contribution < 1.29 is 24.2 Å². The molecule has 0 spiro atoms. The molecule has 2 atom stereocenters. The zero-order valence-electron chi connectivity index (χ0n) is 13.7. The maximum Gasteiger partial charge on any atom is 0.326 e. The molecular formula is C17H20N2O5. The van der Waals surface area contributed by atoms with Crippen molar-refractivity contribution in [2.24, 2.45) is 5.92 Å². The van der Waals surface area contributed by atoms with Gasteiger partial charge in [0.05, 0.1) is 18.7 Å². The van der Waals surface area contributed by atoms with E-state index in [4.69, 9.17) is 14.7 Å². The second-order valence-electron chi connectivity index (χ2n) is 5.84. The quantitative estimate of drug-likeness (QED) is 0.880. The lowest BCUT2D eigenvalue weighted by Crippen LogP contribution is -2.51. The Labute approximate surface area is 140 Å². The second kappa shape index (κ2) is 7.68. The summed E-state index contributed by atoms with van der Waals surface area (Å²) < 4.78 is 10.6. The number of nitriles is 1. The van der Waals surface area contributed by atoms with Crippen molar-refractivity contribution in [3.05, 3.63) is 23.8 Å². The van der Waals surface area contributed by atoms with Crippen LogP contribution in [-0.4, -0.2) is 48.2 Å². The highest BCUT2D eigenvalue weighted by Gasteiger charge is 2.34. The van der Waals surface area contributed by atoms with Gasteiger partial charge in [0.1, 0.15) is 6.04 Å². The van der Waals surface area contributed by atoms with Gasteiger partial charge in [0, 0.05) is 12.6 Å². The molecule has 0 aliphatic carbocycles. The smallest absolute Gasteiger partial charge is 0.326 e. The first-order valence-electron chi connectivity index (χ1n) is 7.69. The molecule has 1 saturated heterocycles. The van der Waals surface area contributed by atoms with Crippen LogP contribution >= 0.6 is 0 Å². The van der Waals surface area contributed by atoms with Gasteiger partial charge in [-0.25, -0.2) is 4.79 Å². The molecule has 24 heavy (non-hydrogen) atoms. The van der Waals surface area contributed by atoms with E-state index >= 15 is 0 Å². The number of rotatable bonds is 5. The molecule has 2 rings (SSSR count). The molecule has 7 nitrogen and oxygen atoms in total. The lowest BCUT2D eigenvalue weighted by molar-refractivity contribution is -0.153. The fraction of sp³-hybridized carbons (Fsp3) is 0.471. The lowest BCUT2D eigenvalue weighted by Gasteiger charge is -2.35. The van der Waals surface area contributed by atoms with E-state index in [1.165, 1.54) is 18.1 Å². The first-order chi connectivity index (χ1) is 11.5. The normalized spacial score (nSPS) is 20.1. The van der Waals surface area contributed by atoms with Crippen LogP contribution in [-0.2, 0) is 9.59 Å². The number of amides is 1. The van der Waals surface area contributed by atoms with E-state index < -0.39 is 12.0 Å². The van der Waals surface area contributed by atoms with Gasteiger partial charge in [0.15, 0.2) is 18.1 Å². The molecule has 1 amide bonds. The Balaban J connectivity index is 2.05. The molecular weight excluding hydrogens is 312 g/mol. The molecule has 1 aliphatic heterocycles. The fourth-order valence-electron chi connectivity index (χ4n) is 2.75. The van der Waals surface area contributed by atoms with E-state index in [2.05, 4.69) is 0 Å². The van der Waals surface area contributed by atoms with Gasteiger partial charge >= 0.3 is 5.97 Å². The van der Waals surface area contributed by atoms with Gasteiger partial charge in [0.2, 0.25) is 0 Å². The van der Waals surface area contributed by atoms with Gasteiger partial charge in [0.25, 0.3) is 5.91 Å². The number of hydrogen-bond acceptors (Lipinski definition) is 5. The lowest BCUT2D eigenvalue weighted by atomic mass is 9.92. The van der Waals surface area contributed by atoms with Gasteiger partial charge in [-0.2, -0.15) is 5.26 Å². The van der Waals surface area contributed by atoms with Gasteiger partial charge < -0.3 is 19.5 Å². The van der Waals surface area contributed by atoms with Crippen LogP contribution in [0.5, 0.6) is 11.5 Å². The number of likely N-dealkylation sites (tertiary alicyclic amines) is 1. The minimum atomic E-state index is -0.995. The predicted molar refractivity (Wildman–Crippen MR) is 84.7 cm³/mol. The molecule has 0 radical (unpaired) electrons. The average Bonchev–Trinajstić information content (AvgIpc) is 2.59. The minimum Gasteiger partial charge on any atom is -0.493 e. The van der Waals surface area contributed by atoms with E-state index in [1.54, 1.807) is 12.1 Å². The number of carbonyl (C=O) groups excluding carboxylic acids is 1. The van der Waals surface area contributed by atoms with Crippen LogP contribution in [0.3, 0.4) is 0 Å². The summed E-state index contributed by atoms with van der Waals surface area (Å²) in [6, 6.07) is 5.81. The van der Waals surface area contributed by atoms with Crippen molar-refractivity contribution in [1.29, 1.82) is 5.26 Å². The van der Waals surface area contributed by atoms with Crippen LogP contribution in [0, 0.1) is 17.2 Å². The van der Waals surface area contributed by atoms with Crippen molar-refractivity contribution in [1.82, 2.24) is 4.90 Å². The highest BCUT2D eigenvalue weighted by atomic mass is 16.5. The zero-order valence-corrected chi connectivity index (χ0v) is 13.7. The number of carboxylic acid groups (broad SMARTS) is 1. The Kier molecular flexibility index (Phi) is 5.64. The molecule has 1 aliphatic rings. The van der Waals surface area contributed by atoms with Crippen LogP contribution in [0.1, 0.15) is 25.3 Å². The molecule has 7 heteroatoms. The Hall–Kier alpha value is -2.75. The van der Waals surface area contributed by atoms with E-state index in [0.29, 0.717) is 30.0 Å². The monoisotopic (exact) mass is 332 g/mol.